The number of piperazine rings is 1. The zero-order chi connectivity index (χ0) is 25.2. The molecule has 0 bridgehead atoms. The first-order valence-electron chi connectivity index (χ1n) is 11.7. The molecule has 3 heterocycles. The predicted molar refractivity (Wildman–Crippen MR) is 128 cm³/mol. The van der Waals surface area contributed by atoms with Crippen LogP contribution in [0.3, 0.4) is 0 Å². The minimum absolute atomic E-state index is 0.0427. The van der Waals surface area contributed by atoms with E-state index in [2.05, 4.69) is 20.3 Å². The van der Waals surface area contributed by atoms with E-state index in [1.54, 1.807) is 29.2 Å². The third-order valence-corrected chi connectivity index (χ3v) is 5.99. The van der Waals surface area contributed by atoms with Crippen molar-refractivity contribution in [1.29, 1.82) is 0 Å². The molecule has 0 unspecified atom stereocenters. The van der Waals surface area contributed by atoms with Gasteiger partial charge in [0.15, 0.2) is 11.6 Å². The summed E-state index contributed by atoms with van der Waals surface area (Å²) in [5.41, 5.74) is 1.23. The topological polar surface area (TPSA) is 93.2 Å². The van der Waals surface area contributed by atoms with Gasteiger partial charge in [-0.2, -0.15) is 0 Å². The van der Waals surface area contributed by atoms with Gasteiger partial charge in [-0.1, -0.05) is 18.9 Å². The van der Waals surface area contributed by atoms with Gasteiger partial charge in [0, 0.05) is 43.2 Å². The van der Waals surface area contributed by atoms with Crippen LogP contribution >= 0.6 is 0 Å². The van der Waals surface area contributed by atoms with Gasteiger partial charge in [0.2, 0.25) is 11.8 Å². The summed E-state index contributed by atoms with van der Waals surface area (Å²) in [6, 6.07) is 12.1. The van der Waals surface area contributed by atoms with Gasteiger partial charge in [0.05, 0.1) is 0 Å². The van der Waals surface area contributed by atoms with Crippen molar-refractivity contribution >= 4 is 11.9 Å². The average molecular weight is 494 g/mol. The van der Waals surface area contributed by atoms with Crippen molar-refractivity contribution < 1.29 is 18.0 Å². The molecule has 1 amide bonds. The van der Waals surface area contributed by atoms with E-state index < -0.39 is 0 Å². The first kappa shape index (κ1) is 23.6. The summed E-state index contributed by atoms with van der Waals surface area (Å²) in [4.78, 5) is 21.5. The SMILES string of the molecule is CC(C)c1nnc(N2CCN(C(=O)Cn3nc(-c4ccc(F)cc4)nc3-c3ccc(F)cc3)CC2)o1. The van der Waals surface area contributed by atoms with Crippen LogP contribution in [0.15, 0.2) is 52.9 Å². The Hall–Kier alpha value is -4.15. The summed E-state index contributed by atoms with van der Waals surface area (Å²) in [5.74, 6) is 0.637. The lowest BCUT2D eigenvalue weighted by Gasteiger charge is -2.33. The number of halogens is 2. The third kappa shape index (κ3) is 4.95. The number of benzene rings is 2. The molecule has 0 atom stereocenters. The molecule has 1 saturated heterocycles. The van der Waals surface area contributed by atoms with Crippen LogP contribution in [0.2, 0.25) is 0 Å². The van der Waals surface area contributed by atoms with Crippen LogP contribution in [0, 0.1) is 11.6 Å². The molecule has 186 valence electrons. The van der Waals surface area contributed by atoms with Gasteiger partial charge >= 0.3 is 6.01 Å². The van der Waals surface area contributed by atoms with Gasteiger partial charge in [-0.3, -0.25) is 4.79 Å². The molecule has 0 radical (unpaired) electrons. The molecule has 0 N–H and O–H groups in total. The first-order valence-corrected chi connectivity index (χ1v) is 11.7. The summed E-state index contributed by atoms with van der Waals surface area (Å²) < 4.78 is 34.1. The maximum absolute atomic E-state index is 13.5. The Morgan fingerprint density at radius 2 is 1.53 bits per heavy atom. The molecule has 9 nitrogen and oxygen atoms in total. The Balaban J connectivity index is 1.33. The van der Waals surface area contributed by atoms with Crippen LogP contribution in [0.4, 0.5) is 14.8 Å². The quantitative estimate of drug-likeness (QED) is 0.404. The van der Waals surface area contributed by atoms with Crippen molar-refractivity contribution in [1.82, 2.24) is 29.9 Å². The van der Waals surface area contributed by atoms with E-state index in [-0.39, 0.29) is 30.0 Å². The Bertz CT molecular complexity index is 1340. The van der Waals surface area contributed by atoms with Gasteiger partial charge < -0.3 is 14.2 Å². The number of hydrogen-bond donors (Lipinski definition) is 0. The highest BCUT2D eigenvalue weighted by Gasteiger charge is 2.26. The molecule has 1 aliphatic heterocycles. The fourth-order valence-electron chi connectivity index (χ4n) is 3.95. The zero-order valence-electron chi connectivity index (χ0n) is 19.9. The number of amides is 1. The molecule has 11 heteroatoms. The molecule has 5 rings (SSSR count). The number of nitrogens with zero attached hydrogens (tertiary/aromatic N) is 7. The van der Waals surface area contributed by atoms with Crippen LogP contribution in [0.1, 0.15) is 25.7 Å². The lowest BCUT2D eigenvalue weighted by atomic mass is 10.2. The normalized spacial score (nSPS) is 14.0. The Morgan fingerprint density at radius 3 is 2.11 bits per heavy atom. The molecular weight excluding hydrogens is 468 g/mol. The molecule has 4 aromatic rings. The van der Waals surface area contributed by atoms with Crippen LogP contribution in [0.25, 0.3) is 22.8 Å². The minimum atomic E-state index is -0.376. The largest absolute Gasteiger partial charge is 0.408 e. The number of rotatable bonds is 6. The van der Waals surface area contributed by atoms with E-state index >= 15 is 0 Å². The van der Waals surface area contributed by atoms with Crippen LogP contribution in [-0.4, -0.2) is 61.9 Å². The van der Waals surface area contributed by atoms with E-state index in [4.69, 9.17) is 4.42 Å². The first-order chi connectivity index (χ1) is 17.4. The molecular formula is C25H25F2N7O2. The fraction of sp³-hybridized carbons (Fsp3) is 0.320. The summed E-state index contributed by atoms with van der Waals surface area (Å²) >= 11 is 0. The zero-order valence-corrected chi connectivity index (χ0v) is 19.9. The Morgan fingerprint density at radius 1 is 0.917 bits per heavy atom. The molecule has 2 aromatic heterocycles. The highest BCUT2D eigenvalue weighted by Crippen LogP contribution is 2.24. The van der Waals surface area contributed by atoms with Crippen molar-refractivity contribution in [3.8, 4) is 22.8 Å². The highest BCUT2D eigenvalue weighted by molar-refractivity contribution is 5.77. The maximum atomic E-state index is 13.5. The molecule has 1 fully saturated rings. The van der Waals surface area contributed by atoms with E-state index in [1.807, 2.05) is 18.7 Å². The monoisotopic (exact) mass is 493 g/mol. The van der Waals surface area contributed by atoms with Gasteiger partial charge in [-0.05, 0) is 48.5 Å². The van der Waals surface area contributed by atoms with Crippen molar-refractivity contribution in [3.05, 3.63) is 66.1 Å². The average Bonchev–Trinajstić information content (AvgIpc) is 3.53. The maximum Gasteiger partial charge on any atom is 0.318 e. The minimum Gasteiger partial charge on any atom is -0.408 e. The van der Waals surface area contributed by atoms with Crippen LogP contribution < -0.4 is 4.90 Å². The van der Waals surface area contributed by atoms with E-state index in [9.17, 15) is 13.6 Å². The van der Waals surface area contributed by atoms with Crippen molar-refractivity contribution in [3.63, 3.8) is 0 Å². The van der Waals surface area contributed by atoms with E-state index in [1.165, 1.54) is 28.9 Å². The third-order valence-electron chi connectivity index (χ3n) is 5.99. The molecule has 0 aliphatic carbocycles. The standard InChI is InChI=1S/C25H25F2N7O2/c1-16(2)24-29-30-25(36-24)33-13-11-32(12-14-33)21(35)15-34-23(18-5-9-20(27)10-6-18)28-22(31-34)17-3-7-19(26)8-4-17/h3-10,16H,11-15H2,1-2H3. The summed E-state index contributed by atoms with van der Waals surface area (Å²) in [6.45, 7) is 6.04. The van der Waals surface area contributed by atoms with Gasteiger partial charge in [0.1, 0.15) is 18.2 Å². The smallest absolute Gasteiger partial charge is 0.318 e. The highest BCUT2D eigenvalue weighted by atomic mass is 19.1. The lowest BCUT2D eigenvalue weighted by Crippen LogP contribution is -2.49. The predicted octanol–water partition coefficient (Wildman–Crippen LogP) is 3.75. The number of carbonyl (C=O) groups is 1. The lowest BCUT2D eigenvalue weighted by molar-refractivity contribution is -0.132. The van der Waals surface area contributed by atoms with Gasteiger partial charge in [0.25, 0.3) is 0 Å². The van der Waals surface area contributed by atoms with Crippen LogP contribution in [0.5, 0.6) is 0 Å². The van der Waals surface area contributed by atoms with E-state index in [0.29, 0.717) is 60.9 Å². The van der Waals surface area contributed by atoms with Crippen molar-refractivity contribution in [2.75, 3.05) is 31.1 Å². The van der Waals surface area contributed by atoms with Crippen LogP contribution in [-0.2, 0) is 11.3 Å². The molecule has 2 aromatic carbocycles. The second kappa shape index (κ2) is 9.84. The Labute approximate surface area is 206 Å². The van der Waals surface area contributed by atoms with E-state index in [0.717, 1.165) is 0 Å². The number of anilines is 1. The molecule has 36 heavy (non-hydrogen) atoms. The fourth-order valence-corrected chi connectivity index (χ4v) is 3.95. The molecule has 1 aliphatic rings. The number of hydrogen-bond acceptors (Lipinski definition) is 7. The van der Waals surface area contributed by atoms with Crippen molar-refractivity contribution in [2.45, 2.75) is 26.3 Å². The summed E-state index contributed by atoms with van der Waals surface area (Å²) in [6.07, 6.45) is 0. The molecule has 0 spiro atoms. The second-order valence-electron chi connectivity index (χ2n) is 8.88. The van der Waals surface area contributed by atoms with Gasteiger partial charge in [-0.15, -0.1) is 10.2 Å². The van der Waals surface area contributed by atoms with Crippen molar-refractivity contribution in [2.24, 2.45) is 0 Å². The number of carbonyl (C=O) groups excluding carboxylic acids is 1. The summed E-state index contributed by atoms with van der Waals surface area (Å²) in [7, 11) is 0. The number of aromatic nitrogens is 5. The van der Waals surface area contributed by atoms with Gasteiger partial charge in [-0.25, -0.2) is 18.4 Å². The molecule has 0 saturated carbocycles. The Kier molecular flexibility index (Phi) is 6.45. The second-order valence-corrected chi connectivity index (χ2v) is 8.88. The summed E-state index contributed by atoms with van der Waals surface area (Å²) in [5, 5.41) is 12.7.